The summed E-state index contributed by atoms with van der Waals surface area (Å²) in [5.74, 6) is 1.91. The monoisotopic (exact) mass is 325 g/mol. The van der Waals surface area contributed by atoms with Crippen molar-refractivity contribution in [2.75, 3.05) is 12.4 Å². The SMILES string of the molecule is COc1ccc2[nH]c3c(c2c1)CC(C(=O)Nc1cc(C)on1)CC3. The van der Waals surface area contributed by atoms with Gasteiger partial charge in [0, 0.05) is 28.6 Å². The average Bonchev–Trinajstić information content (AvgIpc) is 3.16. The van der Waals surface area contributed by atoms with Crippen LogP contribution in [-0.4, -0.2) is 23.2 Å². The van der Waals surface area contributed by atoms with Crippen molar-refractivity contribution in [1.29, 1.82) is 0 Å². The van der Waals surface area contributed by atoms with Gasteiger partial charge in [0.15, 0.2) is 5.82 Å². The van der Waals surface area contributed by atoms with Gasteiger partial charge in [0.1, 0.15) is 11.5 Å². The second-order valence-corrected chi connectivity index (χ2v) is 6.25. The number of hydrogen-bond donors (Lipinski definition) is 2. The molecule has 0 fully saturated rings. The van der Waals surface area contributed by atoms with E-state index in [0.717, 1.165) is 29.5 Å². The maximum atomic E-state index is 12.5. The van der Waals surface area contributed by atoms with Crippen molar-refractivity contribution in [3.8, 4) is 5.75 Å². The van der Waals surface area contributed by atoms with Gasteiger partial charge in [-0.1, -0.05) is 5.16 Å². The number of aromatic nitrogens is 2. The van der Waals surface area contributed by atoms with Crippen LogP contribution in [0.2, 0.25) is 0 Å². The summed E-state index contributed by atoms with van der Waals surface area (Å²) in [4.78, 5) is 16.0. The number of fused-ring (bicyclic) bond motifs is 3. The molecule has 24 heavy (non-hydrogen) atoms. The third kappa shape index (κ3) is 2.54. The highest BCUT2D eigenvalue weighted by atomic mass is 16.5. The molecule has 0 bridgehead atoms. The first-order valence-corrected chi connectivity index (χ1v) is 8.05. The minimum absolute atomic E-state index is 0.00815. The first-order chi connectivity index (χ1) is 11.6. The maximum Gasteiger partial charge on any atom is 0.229 e. The summed E-state index contributed by atoms with van der Waals surface area (Å²) >= 11 is 0. The fraction of sp³-hybridized carbons (Fsp3) is 0.333. The molecule has 1 atom stereocenters. The standard InChI is InChI=1S/C18H19N3O3/c1-10-7-17(21-24-10)20-18(22)11-3-5-15-13(8-11)14-9-12(23-2)4-6-16(14)19-15/h4,6-7,9,11,19H,3,5,8H2,1-2H3,(H,20,21,22). The van der Waals surface area contributed by atoms with E-state index >= 15 is 0 Å². The van der Waals surface area contributed by atoms with Crippen LogP contribution >= 0.6 is 0 Å². The second-order valence-electron chi connectivity index (χ2n) is 6.25. The molecule has 0 aliphatic heterocycles. The number of ether oxygens (including phenoxy) is 1. The van der Waals surface area contributed by atoms with Crippen molar-refractivity contribution in [3.05, 3.63) is 41.3 Å². The van der Waals surface area contributed by atoms with Crippen LogP contribution in [0.1, 0.15) is 23.4 Å². The summed E-state index contributed by atoms with van der Waals surface area (Å²) < 4.78 is 10.3. The van der Waals surface area contributed by atoms with E-state index in [0.29, 0.717) is 18.0 Å². The molecule has 124 valence electrons. The molecule has 2 heterocycles. The van der Waals surface area contributed by atoms with Crippen molar-refractivity contribution in [1.82, 2.24) is 10.1 Å². The Bertz CT molecular complexity index is 910. The molecular weight excluding hydrogens is 306 g/mol. The lowest BCUT2D eigenvalue weighted by Gasteiger charge is -2.21. The zero-order chi connectivity index (χ0) is 16.7. The lowest BCUT2D eigenvalue weighted by atomic mass is 9.86. The number of aromatic amines is 1. The molecule has 1 aromatic carbocycles. The van der Waals surface area contributed by atoms with Crippen LogP contribution in [0.25, 0.3) is 10.9 Å². The number of aryl methyl sites for hydroxylation is 2. The Balaban J connectivity index is 1.59. The fourth-order valence-electron chi connectivity index (χ4n) is 3.40. The van der Waals surface area contributed by atoms with Crippen molar-refractivity contribution in [3.63, 3.8) is 0 Å². The van der Waals surface area contributed by atoms with E-state index in [1.54, 1.807) is 20.1 Å². The summed E-state index contributed by atoms with van der Waals surface area (Å²) in [5.41, 5.74) is 3.53. The number of carbonyl (C=O) groups is 1. The topological polar surface area (TPSA) is 80.2 Å². The van der Waals surface area contributed by atoms with Crippen molar-refractivity contribution in [2.45, 2.75) is 26.2 Å². The average molecular weight is 325 g/mol. The largest absolute Gasteiger partial charge is 0.497 e. The van der Waals surface area contributed by atoms with Gasteiger partial charge in [-0.25, -0.2) is 0 Å². The summed E-state index contributed by atoms with van der Waals surface area (Å²) in [6.45, 7) is 1.80. The quantitative estimate of drug-likeness (QED) is 0.775. The normalized spacial score (nSPS) is 16.8. The highest BCUT2D eigenvalue weighted by molar-refractivity contribution is 5.93. The molecule has 0 spiro atoms. The molecular formula is C18H19N3O3. The zero-order valence-electron chi connectivity index (χ0n) is 13.7. The number of nitrogens with zero attached hydrogens (tertiary/aromatic N) is 1. The molecule has 0 saturated heterocycles. The molecule has 0 radical (unpaired) electrons. The van der Waals surface area contributed by atoms with E-state index in [1.807, 2.05) is 18.2 Å². The minimum atomic E-state index is -0.0697. The van der Waals surface area contributed by atoms with Gasteiger partial charge in [-0.2, -0.15) is 0 Å². The predicted molar refractivity (Wildman–Crippen MR) is 90.2 cm³/mol. The van der Waals surface area contributed by atoms with Crippen LogP contribution in [0.3, 0.4) is 0 Å². The molecule has 1 amide bonds. The Kier molecular flexibility index (Phi) is 3.52. The summed E-state index contributed by atoms with van der Waals surface area (Å²) in [6.07, 6.45) is 2.40. The first-order valence-electron chi connectivity index (χ1n) is 8.05. The number of rotatable bonds is 3. The molecule has 1 aliphatic rings. The number of methoxy groups -OCH3 is 1. The van der Waals surface area contributed by atoms with E-state index in [4.69, 9.17) is 9.26 Å². The maximum absolute atomic E-state index is 12.5. The van der Waals surface area contributed by atoms with Crippen LogP contribution in [0, 0.1) is 12.8 Å². The highest BCUT2D eigenvalue weighted by Crippen LogP contribution is 2.34. The van der Waals surface area contributed by atoms with Crippen molar-refractivity contribution < 1.29 is 14.1 Å². The zero-order valence-corrected chi connectivity index (χ0v) is 13.7. The minimum Gasteiger partial charge on any atom is -0.497 e. The number of carbonyl (C=O) groups excluding carboxylic acids is 1. The van der Waals surface area contributed by atoms with E-state index in [-0.39, 0.29) is 11.8 Å². The van der Waals surface area contributed by atoms with Crippen LogP contribution in [0.5, 0.6) is 5.75 Å². The fourth-order valence-corrected chi connectivity index (χ4v) is 3.40. The van der Waals surface area contributed by atoms with Crippen molar-refractivity contribution in [2.24, 2.45) is 5.92 Å². The number of nitrogens with one attached hydrogen (secondary N) is 2. The lowest BCUT2D eigenvalue weighted by Crippen LogP contribution is -2.28. The molecule has 2 N–H and O–H groups in total. The number of benzene rings is 1. The van der Waals surface area contributed by atoms with E-state index in [9.17, 15) is 4.79 Å². The van der Waals surface area contributed by atoms with Gasteiger partial charge < -0.3 is 19.6 Å². The Labute approximate surface area is 139 Å². The molecule has 6 heteroatoms. The number of H-pyrrole nitrogens is 1. The van der Waals surface area contributed by atoms with E-state index in [1.165, 1.54) is 11.3 Å². The van der Waals surface area contributed by atoms with Gasteiger partial charge in [-0.3, -0.25) is 4.79 Å². The molecule has 6 nitrogen and oxygen atoms in total. The second kappa shape index (κ2) is 5.70. The van der Waals surface area contributed by atoms with Gasteiger partial charge in [0.25, 0.3) is 0 Å². The summed E-state index contributed by atoms with van der Waals surface area (Å²) in [6, 6.07) is 7.73. The number of amides is 1. The van der Waals surface area contributed by atoms with Gasteiger partial charge in [0.2, 0.25) is 5.91 Å². The molecule has 1 aliphatic carbocycles. The Morgan fingerprint density at radius 2 is 2.29 bits per heavy atom. The highest BCUT2D eigenvalue weighted by Gasteiger charge is 2.28. The Morgan fingerprint density at radius 1 is 1.42 bits per heavy atom. The molecule has 4 rings (SSSR count). The van der Waals surface area contributed by atoms with Gasteiger partial charge in [-0.05, 0) is 49.9 Å². The lowest BCUT2D eigenvalue weighted by molar-refractivity contribution is -0.120. The molecule has 3 aromatic rings. The summed E-state index contributed by atoms with van der Waals surface area (Å²) in [7, 11) is 1.66. The smallest absolute Gasteiger partial charge is 0.229 e. The van der Waals surface area contributed by atoms with E-state index in [2.05, 4.69) is 15.5 Å². The number of hydrogen-bond acceptors (Lipinski definition) is 4. The van der Waals surface area contributed by atoms with Crippen molar-refractivity contribution >= 4 is 22.6 Å². The number of anilines is 1. The predicted octanol–water partition coefficient (Wildman–Crippen LogP) is 3.22. The molecule has 0 saturated carbocycles. The van der Waals surface area contributed by atoms with Crippen LogP contribution in [0.4, 0.5) is 5.82 Å². The molecule has 2 aromatic heterocycles. The third-order valence-corrected chi connectivity index (χ3v) is 4.65. The molecule has 1 unspecified atom stereocenters. The Hall–Kier alpha value is -2.76. The van der Waals surface area contributed by atoms with Crippen LogP contribution in [0.15, 0.2) is 28.8 Å². The van der Waals surface area contributed by atoms with Crippen LogP contribution in [-0.2, 0) is 17.6 Å². The van der Waals surface area contributed by atoms with Gasteiger partial charge >= 0.3 is 0 Å². The van der Waals surface area contributed by atoms with Crippen LogP contribution < -0.4 is 10.1 Å². The Morgan fingerprint density at radius 3 is 3.04 bits per heavy atom. The third-order valence-electron chi connectivity index (χ3n) is 4.65. The van der Waals surface area contributed by atoms with Gasteiger partial charge in [0.05, 0.1) is 7.11 Å². The summed E-state index contributed by atoms with van der Waals surface area (Å²) in [5, 5.41) is 7.81. The first kappa shape index (κ1) is 14.8. The van der Waals surface area contributed by atoms with Gasteiger partial charge in [-0.15, -0.1) is 0 Å². The van der Waals surface area contributed by atoms with E-state index < -0.39 is 0 Å².